The monoisotopic (exact) mass is 212 g/mol. The molecule has 15 heavy (non-hydrogen) atoms. The number of piperidine rings is 1. The Kier molecular flexibility index (Phi) is 6.26. The molecule has 2 nitrogen and oxygen atoms in total. The van der Waals surface area contributed by atoms with Crippen LogP contribution in [0.15, 0.2) is 0 Å². The summed E-state index contributed by atoms with van der Waals surface area (Å²) < 4.78 is 0. The smallest absolute Gasteiger partial charge is 0.00361 e. The lowest BCUT2D eigenvalue weighted by Gasteiger charge is -2.30. The molecule has 1 saturated heterocycles. The summed E-state index contributed by atoms with van der Waals surface area (Å²) in [5, 5.41) is 3.55. The first-order valence-corrected chi connectivity index (χ1v) is 6.68. The third kappa shape index (κ3) is 5.53. The maximum atomic E-state index is 3.55. The molecule has 0 amide bonds. The highest BCUT2D eigenvalue weighted by atomic mass is 15.1. The van der Waals surface area contributed by atoms with Gasteiger partial charge in [0.1, 0.15) is 0 Å². The van der Waals surface area contributed by atoms with Crippen LogP contribution in [0.2, 0.25) is 0 Å². The molecule has 0 spiro atoms. The summed E-state index contributed by atoms with van der Waals surface area (Å²) in [6, 6.07) is 0.686. The van der Waals surface area contributed by atoms with E-state index in [9.17, 15) is 0 Å². The lowest BCUT2D eigenvalue weighted by Crippen LogP contribution is -2.35. The fraction of sp³-hybridized carbons (Fsp3) is 1.00. The summed E-state index contributed by atoms with van der Waals surface area (Å²) in [5.41, 5.74) is 0. The fourth-order valence-corrected chi connectivity index (χ4v) is 2.08. The van der Waals surface area contributed by atoms with Gasteiger partial charge < -0.3 is 10.2 Å². The van der Waals surface area contributed by atoms with Gasteiger partial charge in [0.25, 0.3) is 0 Å². The Hall–Kier alpha value is -0.0800. The van der Waals surface area contributed by atoms with Crippen molar-refractivity contribution in [2.75, 3.05) is 26.2 Å². The van der Waals surface area contributed by atoms with Crippen LogP contribution in [-0.4, -0.2) is 37.1 Å². The molecule has 1 aliphatic rings. The molecule has 0 bridgehead atoms. The summed E-state index contributed by atoms with van der Waals surface area (Å²) in [4.78, 5) is 2.62. The number of nitrogens with zero attached hydrogens (tertiary/aromatic N) is 1. The summed E-state index contributed by atoms with van der Waals surface area (Å²) in [6.07, 6.45) is 5.34. The van der Waals surface area contributed by atoms with Crippen molar-refractivity contribution in [3.8, 4) is 0 Å². The lowest BCUT2D eigenvalue weighted by molar-refractivity contribution is 0.190. The Morgan fingerprint density at radius 3 is 2.60 bits per heavy atom. The maximum Gasteiger partial charge on any atom is 0.00361 e. The number of rotatable bonds is 6. The van der Waals surface area contributed by atoms with Gasteiger partial charge in [0.15, 0.2) is 0 Å². The summed E-state index contributed by atoms with van der Waals surface area (Å²) in [7, 11) is 0. The second-order valence-corrected chi connectivity index (χ2v) is 5.14. The molecular formula is C13H28N2. The highest BCUT2D eigenvalue weighted by Crippen LogP contribution is 2.15. The van der Waals surface area contributed by atoms with E-state index in [1.807, 2.05) is 0 Å². The van der Waals surface area contributed by atoms with E-state index in [0.717, 1.165) is 5.92 Å². The van der Waals surface area contributed by atoms with Gasteiger partial charge in [-0.2, -0.15) is 0 Å². The number of hydrogen-bond donors (Lipinski definition) is 1. The molecule has 1 fully saturated rings. The average Bonchev–Trinajstić information content (AvgIpc) is 2.26. The molecule has 90 valence electrons. The quantitative estimate of drug-likeness (QED) is 0.681. The molecule has 1 N–H and O–H groups in total. The Balaban J connectivity index is 1.96. The first kappa shape index (κ1) is 13.0. The highest BCUT2D eigenvalue weighted by Gasteiger charge is 2.14. The van der Waals surface area contributed by atoms with E-state index >= 15 is 0 Å². The highest BCUT2D eigenvalue weighted by molar-refractivity contribution is 4.69. The van der Waals surface area contributed by atoms with Gasteiger partial charge in [-0.1, -0.05) is 13.8 Å². The molecule has 0 aliphatic carbocycles. The largest absolute Gasteiger partial charge is 0.314 e. The maximum absolute atomic E-state index is 3.55. The first-order valence-electron chi connectivity index (χ1n) is 6.68. The van der Waals surface area contributed by atoms with Crippen molar-refractivity contribution in [2.24, 2.45) is 5.92 Å². The van der Waals surface area contributed by atoms with Crippen LogP contribution in [0.1, 0.15) is 46.5 Å². The van der Waals surface area contributed by atoms with Gasteiger partial charge in [0, 0.05) is 6.04 Å². The van der Waals surface area contributed by atoms with Crippen LogP contribution in [0.25, 0.3) is 0 Å². The molecule has 0 aromatic carbocycles. The topological polar surface area (TPSA) is 15.3 Å². The van der Waals surface area contributed by atoms with E-state index < -0.39 is 0 Å². The molecule has 1 heterocycles. The zero-order valence-electron chi connectivity index (χ0n) is 10.8. The fourth-order valence-electron chi connectivity index (χ4n) is 2.08. The number of nitrogens with one attached hydrogen (secondary N) is 1. The van der Waals surface area contributed by atoms with Gasteiger partial charge in [-0.15, -0.1) is 0 Å². The minimum Gasteiger partial charge on any atom is -0.314 e. The van der Waals surface area contributed by atoms with Crippen molar-refractivity contribution in [1.82, 2.24) is 10.2 Å². The number of hydrogen-bond acceptors (Lipinski definition) is 2. The molecule has 0 radical (unpaired) electrons. The molecule has 1 aliphatic heterocycles. The standard InChI is InChI=1S/C13H28N2/c1-4-13(3)14-8-5-9-15-10-6-12(2)7-11-15/h12-14H,4-11H2,1-3H3. The van der Waals surface area contributed by atoms with E-state index in [0.29, 0.717) is 6.04 Å². The van der Waals surface area contributed by atoms with Crippen LogP contribution >= 0.6 is 0 Å². The zero-order valence-corrected chi connectivity index (χ0v) is 10.8. The zero-order chi connectivity index (χ0) is 11.1. The molecule has 1 unspecified atom stereocenters. The Morgan fingerprint density at radius 2 is 2.00 bits per heavy atom. The van der Waals surface area contributed by atoms with Gasteiger partial charge in [-0.3, -0.25) is 0 Å². The van der Waals surface area contributed by atoms with Crippen LogP contribution in [0.5, 0.6) is 0 Å². The minimum atomic E-state index is 0.686. The van der Waals surface area contributed by atoms with Crippen LogP contribution in [-0.2, 0) is 0 Å². The third-order valence-electron chi connectivity index (χ3n) is 3.63. The van der Waals surface area contributed by atoms with Crippen LogP contribution in [0.3, 0.4) is 0 Å². The van der Waals surface area contributed by atoms with Crippen LogP contribution < -0.4 is 5.32 Å². The van der Waals surface area contributed by atoms with Crippen molar-refractivity contribution in [1.29, 1.82) is 0 Å². The predicted octanol–water partition coefficient (Wildman–Crippen LogP) is 2.50. The first-order chi connectivity index (χ1) is 7.22. The Labute approximate surface area is 95.4 Å². The minimum absolute atomic E-state index is 0.686. The molecule has 0 aromatic rings. The molecular weight excluding hydrogens is 184 g/mol. The van der Waals surface area contributed by atoms with Crippen molar-refractivity contribution in [3.63, 3.8) is 0 Å². The van der Waals surface area contributed by atoms with Gasteiger partial charge in [-0.25, -0.2) is 0 Å². The second kappa shape index (κ2) is 7.24. The van der Waals surface area contributed by atoms with E-state index in [2.05, 4.69) is 31.0 Å². The Bertz CT molecular complexity index is 151. The number of likely N-dealkylation sites (tertiary alicyclic amines) is 1. The van der Waals surface area contributed by atoms with Gasteiger partial charge in [0.05, 0.1) is 0 Å². The van der Waals surface area contributed by atoms with Gasteiger partial charge in [0.2, 0.25) is 0 Å². The SMILES string of the molecule is CCC(C)NCCCN1CCC(C)CC1. The lowest BCUT2D eigenvalue weighted by atomic mass is 9.99. The van der Waals surface area contributed by atoms with E-state index in [-0.39, 0.29) is 0 Å². The second-order valence-electron chi connectivity index (χ2n) is 5.14. The summed E-state index contributed by atoms with van der Waals surface area (Å²) in [5.74, 6) is 0.958. The molecule has 1 atom stereocenters. The average molecular weight is 212 g/mol. The molecule has 2 heteroatoms. The van der Waals surface area contributed by atoms with E-state index in [4.69, 9.17) is 0 Å². The van der Waals surface area contributed by atoms with Crippen molar-refractivity contribution in [3.05, 3.63) is 0 Å². The summed E-state index contributed by atoms with van der Waals surface area (Å²) in [6.45, 7) is 12.0. The van der Waals surface area contributed by atoms with Gasteiger partial charge >= 0.3 is 0 Å². The molecule has 0 saturated carbocycles. The van der Waals surface area contributed by atoms with Crippen LogP contribution in [0, 0.1) is 5.92 Å². The van der Waals surface area contributed by atoms with E-state index in [1.54, 1.807) is 0 Å². The predicted molar refractivity (Wildman–Crippen MR) is 67.2 cm³/mol. The Morgan fingerprint density at radius 1 is 1.33 bits per heavy atom. The molecule has 1 rings (SSSR count). The van der Waals surface area contributed by atoms with E-state index in [1.165, 1.54) is 51.9 Å². The summed E-state index contributed by atoms with van der Waals surface area (Å²) >= 11 is 0. The third-order valence-corrected chi connectivity index (χ3v) is 3.63. The van der Waals surface area contributed by atoms with Gasteiger partial charge in [-0.05, 0) is 64.7 Å². The molecule has 0 aromatic heterocycles. The van der Waals surface area contributed by atoms with Crippen molar-refractivity contribution in [2.45, 2.75) is 52.5 Å². The normalized spacial score (nSPS) is 21.8. The van der Waals surface area contributed by atoms with Crippen molar-refractivity contribution >= 4 is 0 Å². The van der Waals surface area contributed by atoms with Crippen molar-refractivity contribution < 1.29 is 0 Å². The van der Waals surface area contributed by atoms with Crippen LogP contribution in [0.4, 0.5) is 0 Å².